The van der Waals surface area contributed by atoms with Gasteiger partial charge >= 0.3 is 5.97 Å². The molecule has 0 amide bonds. The van der Waals surface area contributed by atoms with E-state index in [2.05, 4.69) is 5.32 Å². The summed E-state index contributed by atoms with van der Waals surface area (Å²) in [7, 11) is 2.86. The molecule has 0 heterocycles. The van der Waals surface area contributed by atoms with Crippen LogP contribution in [0.5, 0.6) is 5.75 Å². The summed E-state index contributed by atoms with van der Waals surface area (Å²) in [6, 6.07) is 20.0. The van der Waals surface area contributed by atoms with Crippen LogP contribution in [0.15, 0.2) is 72.8 Å². The topological polar surface area (TPSA) is 81.7 Å². The summed E-state index contributed by atoms with van der Waals surface area (Å²) in [5.74, 6) is -0.505. The molecular formula is C24H19NO5. The predicted molar refractivity (Wildman–Crippen MR) is 111 cm³/mol. The molecule has 1 aliphatic carbocycles. The summed E-state index contributed by atoms with van der Waals surface area (Å²) >= 11 is 0. The molecule has 6 nitrogen and oxygen atoms in total. The normalized spacial score (nSPS) is 14.2. The maximum Gasteiger partial charge on any atom is 0.337 e. The van der Waals surface area contributed by atoms with Crippen molar-refractivity contribution < 1.29 is 23.9 Å². The number of carbonyl (C=O) groups excluding carboxylic acids is 3. The molecule has 0 saturated heterocycles. The molecule has 1 aliphatic rings. The molecule has 0 aromatic heterocycles. The van der Waals surface area contributed by atoms with E-state index in [-0.39, 0.29) is 11.6 Å². The molecule has 6 heteroatoms. The molecule has 150 valence electrons. The third-order valence-electron chi connectivity index (χ3n) is 5.26. The number of ketones is 2. The van der Waals surface area contributed by atoms with Crippen molar-refractivity contribution in [2.75, 3.05) is 19.5 Å². The summed E-state index contributed by atoms with van der Waals surface area (Å²) in [6.07, 6.45) is 0. The number of anilines is 1. The van der Waals surface area contributed by atoms with Crippen LogP contribution < -0.4 is 10.1 Å². The molecular weight excluding hydrogens is 382 g/mol. The van der Waals surface area contributed by atoms with E-state index < -0.39 is 11.5 Å². The van der Waals surface area contributed by atoms with Crippen LogP contribution >= 0.6 is 0 Å². The zero-order valence-corrected chi connectivity index (χ0v) is 16.5. The van der Waals surface area contributed by atoms with E-state index in [1.807, 2.05) is 0 Å². The highest BCUT2D eigenvalue weighted by Crippen LogP contribution is 2.41. The first-order valence-electron chi connectivity index (χ1n) is 9.31. The van der Waals surface area contributed by atoms with Gasteiger partial charge in [-0.2, -0.15) is 0 Å². The predicted octanol–water partition coefficient (Wildman–Crippen LogP) is 3.87. The molecule has 3 aromatic rings. The number of carbonyl (C=O) groups is 3. The molecule has 0 aliphatic heterocycles. The second-order valence-corrected chi connectivity index (χ2v) is 6.88. The van der Waals surface area contributed by atoms with Crippen molar-refractivity contribution in [1.82, 2.24) is 0 Å². The zero-order valence-electron chi connectivity index (χ0n) is 16.5. The number of esters is 1. The van der Waals surface area contributed by atoms with Gasteiger partial charge in [0.25, 0.3) is 0 Å². The van der Waals surface area contributed by atoms with Gasteiger partial charge in [-0.15, -0.1) is 0 Å². The molecule has 0 atom stereocenters. The Balaban J connectivity index is 1.82. The van der Waals surface area contributed by atoms with Gasteiger partial charge in [0.15, 0.2) is 5.54 Å². The summed E-state index contributed by atoms with van der Waals surface area (Å²) in [6.45, 7) is 0. The Morgan fingerprint density at radius 3 is 1.87 bits per heavy atom. The quantitative estimate of drug-likeness (QED) is 0.516. The molecule has 0 fully saturated rings. The van der Waals surface area contributed by atoms with Gasteiger partial charge in [0.1, 0.15) is 5.75 Å². The first-order chi connectivity index (χ1) is 14.5. The first kappa shape index (κ1) is 19.4. The van der Waals surface area contributed by atoms with Crippen LogP contribution in [0.4, 0.5) is 5.69 Å². The van der Waals surface area contributed by atoms with Crippen molar-refractivity contribution in [3.8, 4) is 5.75 Å². The second kappa shape index (κ2) is 7.48. The Bertz CT molecular complexity index is 1100. The van der Waals surface area contributed by atoms with E-state index >= 15 is 0 Å². The lowest BCUT2D eigenvalue weighted by Gasteiger charge is -2.29. The van der Waals surface area contributed by atoms with Gasteiger partial charge in [-0.25, -0.2) is 4.79 Å². The summed E-state index contributed by atoms with van der Waals surface area (Å²) in [5, 5.41) is 3.15. The Kier molecular flexibility index (Phi) is 4.83. The minimum Gasteiger partial charge on any atom is -0.497 e. The van der Waals surface area contributed by atoms with E-state index in [0.717, 1.165) is 0 Å². The van der Waals surface area contributed by atoms with Crippen molar-refractivity contribution in [1.29, 1.82) is 0 Å². The largest absolute Gasteiger partial charge is 0.497 e. The standard InChI is InChI=1S/C24H19NO5/c1-29-18-13-9-16(10-14-18)24(21(26)19-5-3-4-6-20(19)22(24)27)25-17-11-7-15(8-12-17)23(28)30-2/h3-14,25H,1-2H3. The van der Waals surface area contributed by atoms with Gasteiger partial charge in [-0.3, -0.25) is 9.59 Å². The van der Waals surface area contributed by atoms with Gasteiger partial charge in [0.05, 0.1) is 19.8 Å². The lowest BCUT2D eigenvalue weighted by atomic mass is 9.84. The highest BCUT2D eigenvalue weighted by Gasteiger charge is 2.54. The Morgan fingerprint density at radius 2 is 1.37 bits per heavy atom. The Hall–Kier alpha value is -3.93. The van der Waals surface area contributed by atoms with E-state index in [1.54, 1.807) is 79.9 Å². The summed E-state index contributed by atoms with van der Waals surface area (Å²) in [4.78, 5) is 38.7. The number of rotatable bonds is 5. The molecule has 4 rings (SSSR count). The van der Waals surface area contributed by atoms with E-state index in [9.17, 15) is 14.4 Å². The van der Waals surface area contributed by atoms with Gasteiger partial charge in [0.2, 0.25) is 11.6 Å². The number of fused-ring (bicyclic) bond motifs is 1. The Morgan fingerprint density at radius 1 is 0.800 bits per heavy atom. The highest BCUT2D eigenvalue weighted by molar-refractivity contribution is 6.34. The van der Waals surface area contributed by atoms with E-state index in [1.165, 1.54) is 7.11 Å². The fourth-order valence-corrected chi connectivity index (χ4v) is 3.70. The number of hydrogen-bond donors (Lipinski definition) is 1. The maximum absolute atomic E-state index is 13.5. The van der Waals surface area contributed by atoms with E-state index in [4.69, 9.17) is 9.47 Å². The van der Waals surface area contributed by atoms with Crippen molar-refractivity contribution in [3.05, 3.63) is 95.1 Å². The number of methoxy groups -OCH3 is 2. The highest BCUT2D eigenvalue weighted by atomic mass is 16.5. The zero-order chi connectivity index (χ0) is 21.3. The van der Waals surface area contributed by atoms with Crippen molar-refractivity contribution in [2.24, 2.45) is 0 Å². The molecule has 0 spiro atoms. The number of benzene rings is 3. The van der Waals surface area contributed by atoms with E-state index in [0.29, 0.717) is 33.7 Å². The smallest absolute Gasteiger partial charge is 0.337 e. The number of Topliss-reactive ketones (excluding diaryl/α,β-unsaturated/α-hetero) is 2. The maximum atomic E-state index is 13.5. The van der Waals surface area contributed by atoms with Crippen LogP contribution in [0, 0.1) is 0 Å². The second-order valence-electron chi connectivity index (χ2n) is 6.88. The van der Waals surface area contributed by atoms with Crippen LogP contribution in [0.1, 0.15) is 36.6 Å². The monoisotopic (exact) mass is 401 g/mol. The van der Waals surface area contributed by atoms with Crippen molar-refractivity contribution in [3.63, 3.8) is 0 Å². The summed E-state index contributed by atoms with van der Waals surface area (Å²) < 4.78 is 9.93. The number of nitrogens with one attached hydrogen (secondary N) is 1. The summed E-state index contributed by atoms with van der Waals surface area (Å²) in [5.41, 5.74) is 0.533. The van der Waals surface area contributed by atoms with Gasteiger partial charge in [0, 0.05) is 16.8 Å². The molecule has 0 unspecified atom stereocenters. The van der Waals surface area contributed by atoms with Gasteiger partial charge in [-0.05, 0) is 42.0 Å². The first-order valence-corrected chi connectivity index (χ1v) is 9.31. The average molecular weight is 401 g/mol. The van der Waals surface area contributed by atoms with Crippen LogP contribution in [0.2, 0.25) is 0 Å². The van der Waals surface area contributed by atoms with Crippen LogP contribution in [0.25, 0.3) is 0 Å². The van der Waals surface area contributed by atoms with Crippen LogP contribution in [-0.2, 0) is 10.3 Å². The SMILES string of the molecule is COC(=O)c1ccc(NC2(c3ccc(OC)cc3)C(=O)c3ccccc3C2=O)cc1. The average Bonchev–Trinajstić information content (AvgIpc) is 3.02. The minimum atomic E-state index is -1.61. The third kappa shape index (κ3) is 2.93. The molecule has 30 heavy (non-hydrogen) atoms. The number of ether oxygens (including phenoxy) is 2. The molecule has 3 aromatic carbocycles. The lowest BCUT2D eigenvalue weighted by Crippen LogP contribution is -2.46. The van der Waals surface area contributed by atoms with Crippen LogP contribution in [-0.4, -0.2) is 31.8 Å². The Labute approximate surface area is 173 Å². The molecule has 0 radical (unpaired) electrons. The van der Waals surface area contributed by atoms with Crippen LogP contribution in [0.3, 0.4) is 0 Å². The van der Waals surface area contributed by atoms with Crippen molar-refractivity contribution >= 4 is 23.2 Å². The lowest BCUT2D eigenvalue weighted by molar-refractivity contribution is 0.0600. The number of hydrogen-bond acceptors (Lipinski definition) is 6. The third-order valence-corrected chi connectivity index (χ3v) is 5.26. The minimum absolute atomic E-state index is 0.328. The van der Waals surface area contributed by atoms with Gasteiger partial charge in [-0.1, -0.05) is 36.4 Å². The molecule has 1 N–H and O–H groups in total. The fourth-order valence-electron chi connectivity index (χ4n) is 3.70. The molecule has 0 bridgehead atoms. The fraction of sp³-hybridized carbons (Fsp3) is 0.125. The molecule has 0 saturated carbocycles. The van der Waals surface area contributed by atoms with Crippen molar-refractivity contribution in [2.45, 2.75) is 5.54 Å². The van der Waals surface area contributed by atoms with Gasteiger partial charge < -0.3 is 14.8 Å².